The molecule has 0 aliphatic carbocycles. The summed E-state index contributed by atoms with van der Waals surface area (Å²) in [5, 5.41) is 7.39. The third kappa shape index (κ3) is 4.07. The van der Waals surface area contributed by atoms with Crippen molar-refractivity contribution in [2.24, 2.45) is 5.10 Å². The summed E-state index contributed by atoms with van der Waals surface area (Å²) >= 11 is 6.01. The molecule has 2 aromatic rings. The molecule has 5 heteroatoms. The van der Waals surface area contributed by atoms with Crippen molar-refractivity contribution in [2.75, 3.05) is 5.32 Å². The fraction of sp³-hybridized carbons (Fsp3) is 0.125. The van der Waals surface area contributed by atoms with E-state index < -0.39 is 6.03 Å². The Morgan fingerprint density at radius 1 is 1.10 bits per heavy atom. The van der Waals surface area contributed by atoms with Gasteiger partial charge in [0.1, 0.15) is 0 Å². The molecule has 0 saturated heterocycles. The van der Waals surface area contributed by atoms with Crippen LogP contribution < -0.4 is 10.7 Å². The van der Waals surface area contributed by atoms with Crippen molar-refractivity contribution >= 4 is 29.0 Å². The highest BCUT2D eigenvalue weighted by Crippen LogP contribution is 2.22. The highest BCUT2D eigenvalue weighted by atomic mass is 35.5. The molecule has 4 nitrogen and oxygen atoms in total. The van der Waals surface area contributed by atoms with Crippen molar-refractivity contribution in [1.29, 1.82) is 0 Å². The van der Waals surface area contributed by atoms with Crippen molar-refractivity contribution in [3.05, 3.63) is 64.7 Å². The number of benzene rings is 2. The van der Waals surface area contributed by atoms with E-state index in [4.69, 9.17) is 11.6 Å². The minimum atomic E-state index is -0.407. The van der Waals surface area contributed by atoms with E-state index in [-0.39, 0.29) is 0 Å². The number of hydrogen-bond donors (Lipinski definition) is 2. The second-order valence-electron chi connectivity index (χ2n) is 4.54. The fourth-order valence-electron chi connectivity index (χ4n) is 1.77. The maximum Gasteiger partial charge on any atom is 0.339 e. The minimum absolute atomic E-state index is 0.407. The van der Waals surface area contributed by atoms with E-state index in [9.17, 15) is 4.79 Å². The summed E-state index contributed by atoms with van der Waals surface area (Å²) in [5.74, 6) is 0. The first-order chi connectivity index (χ1) is 10.1. The average molecular weight is 302 g/mol. The van der Waals surface area contributed by atoms with E-state index in [1.807, 2.05) is 44.2 Å². The van der Waals surface area contributed by atoms with Gasteiger partial charge in [0.2, 0.25) is 0 Å². The molecule has 0 aromatic heterocycles. The fourth-order valence-corrected chi connectivity index (χ4v) is 1.95. The molecule has 0 spiro atoms. The lowest BCUT2D eigenvalue weighted by Crippen LogP contribution is -2.25. The Bertz CT molecular complexity index is 668. The number of rotatable bonds is 3. The van der Waals surface area contributed by atoms with Crippen molar-refractivity contribution in [3.8, 4) is 0 Å². The van der Waals surface area contributed by atoms with Crippen LogP contribution in [0.1, 0.15) is 18.1 Å². The number of hydrazone groups is 1. The molecule has 0 unspecified atom stereocenters. The first-order valence-corrected chi connectivity index (χ1v) is 6.87. The second-order valence-corrected chi connectivity index (χ2v) is 4.95. The quantitative estimate of drug-likeness (QED) is 0.648. The number of urea groups is 1. The van der Waals surface area contributed by atoms with Gasteiger partial charge in [-0.2, -0.15) is 5.10 Å². The van der Waals surface area contributed by atoms with Gasteiger partial charge in [0.25, 0.3) is 0 Å². The summed E-state index contributed by atoms with van der Waals surface area (Å²) in [5.41, 5.74) is 5.63. The molecule has 2 N–H and O–H groups in total. The van der Waals surface area contributed by atoms with E-state index in [1.165, 1.54) is 0 Å². The van der Waals surface area contributed by atoms with Gasteiger partial charge in [-0.3, -0.25) is 0 Å². The summed E-state index contributed by atoms with van der Waals surface area (Å²) < 4.78 is 0. The molecule has 0 saturated carbocycles. The Morgan fingerprint density at radius 3 is 2.52 bits per heavy atom. The Balaban J connectivity index is 2.01. The lowest BCUT2D eigenvalue weighted by Gasteiger charge is -2.09. The van der Waals surface area contributed by atoms with Crippen LogP contribution in [0.5, 0.6) is 0 Å². The van der Waals surface area contributed by atoms with Crippen LogP contribution in [0.3, 0.4) is 0 Å². The van der Waals surface area contributed by atoms with E-state index in [2.05, 4.69) is 15.8 Å². The predicted octanol–water partition coefficient (Wildman–Crippen LogP) is 4.19. The number of nitrogens with one attached hydrogen (secondary N) is 2. The first-order valence-electron chi connectivity index (χ1n) is 6.50. The van der Waals surface area contributed by atoms with Crippen LogP contribution in [-0.4, -0.2) is 11.7 Å². The van der Waals surface area contributed by atoms with Gasteiger partial charge in [-0.15, -0.1) is 0 Å². The van der Waals surface area contributed by atoms with Crippen LogP contribution in [0, 0.1) is 6.92 Å². The smallest absolute Gasteiger partial charge is 0.306 e. The van der Waals surface area contributed by atoms with Crippen LogP contribution in [0.15, 0.2) is 53.6 Å². The van der Waals surface area contributed by atoms with Gasteiger partial charge < -0.3 is 5.32 Å². The lowest BCUT2D eigenvalue weighted by atomic mass is 10.1. The third-order valence-corrected chi connectivity index (χ3v) is 3.44. The number of carbonyl (C=O) groups excluding carboxylic acids is 1. The van der Waals surface area contributed by atoms with E-state index in [1.54, 1.807) is 18.2 Å². The summed E-state index contributed by atoms with van der Waals surface area (Å²) in [6.45, 7) is 3.68. The van der Waals surface area contributed by atoms with Gasteiger partial charge in [0.15, 0.2) is 0 Å². The number of anilines is 1. The first kappa shape index (κ1) is 15.1. The van der Waals surface area contributed by atoms with Gasteiger partial charge in [-0.05, 0) is 37.1 Å². The molecule has 2 amide bonds. The molecular formula is C16H16ClN3O. The number of hydrogen-bond acceptors (Lipinski definition) is 2. The maximum absolute atomic E-state index is 11.8. The number of halogens is 1. The molecule has 2 rings (SSSR count). The van der Waals surface area contributed by atoms with Gasteiger partial charge in [0, 0.05) is 10.7 Å². The van der Waals surface area contributed by atoms with Gasteiger partial charge in [-0.25, -0.2) is 10.2 Å². The SMILES string of the molecule is C/C(=N\NC(=O)Nc1cccc(Cl)c1C)c1ccccc1. The Hall–Kier alpha value is -2.33. The maximum atomic E-state index is 11.8. The number of nitrogens with zero attached hydrogens (tertiary/aromatic N) is 1. The summed E-state index contributed by atoms with van der Waals surface area (Å²) in [7, 11) is 0. The average Bonchev–Trinajstić information content (AvgIpc) is 2.50. The largest absolute Gasteiger partial charge is 0.339 e. The van der Waals surface area contributed by atoms with Crippen molar-refractivity contribution < 1.29 is 4.79 Å². The summed E-state index contributed by atoms with van der Waals surface area (Å²) in [6.07, 6.45) is 0. The Morgan fingerprint density at radius 2 is 1.81 bits per heavy atom. The Kier molecular flexibility index (Phi) is 4.95. The molecule has 0 fully saturated rings. The molecule has 0 aliphatic rings. The molecule has 108 valence electrons. The lowest BCUT2D eigenvalue weighted by molar-refractivity contribution is 0.252. The van der Waals surface area contributed by atoms with E-state index in [0.29, 0.717) is 10.7 Å². The molecule has 0 bridgehead atoms. The molecule has 2 aromatic carbocycles. The normalized spacial score (nSPS) is 11.1. The van der Waals surface area contributed by atoms with Gasteiger partial charge >= 0.3 is 6.03 Å². The Labute approximate surface area is 128 Å². The second kappa shape index (κ2) is 6.90. The van der Waals surface area contributed by atoms with Crippen LogP contribution in [0.4, 0.5) is 10.5 Å². The summed E-state index contributed by atoms with van der Waals surface area (Å²) in [4.78, 5) is 11.8. The highest BCUT2D eigenvalue weighted by molar-refractivity contribution is 6.31. The third-order valence-electron chi connectivity index (χ3n) is 3.03. The standard InChI is InChI=1S/C16H16ClN3O/c1-11-14(17)9-6-10-15(11)18-16(21)20-19-12(2)13-7-4-3-5-8-13/h3-10H,1-2H3,(H2,18,20,21)/b19-12+. The monoisotopic (exact) mass is 301 g/mol. The molecular weight excluding hydrogens is 286 g/mol. The van der Waals surface area contributed by atoms with Crippen molar-refractivity contribution in [1.82, 2.24) is 5.43 Å². The van der Waals surface area contributed by atoms with Gasteiger partial charge in [-0.1, -0.05) is 48.0 Å². The van der Waals surface area contributed by atoms with Crippen molar-refractivity contribution in [2.45, 2.75) is 13.8 Å². The molecule has 0 aliphatic heterocycles. The highest BCUT2D eigenvalue weighted by Gasteiger charge is 2.06. The van der Waals surface area contributed by atoms with Gasteiger partial charge in [0.05, 0.1) is 5.71 Å². The van der Waals surface area contributed by atoms with E-state index >= 15 is 0 Å². The van der Waals surface area contributed by atoms with Crippen LogP contribution >= 0.6 is 11.6 Å². The summed E-state index contributed by atoms with van der Waals surface area (Å²) in [6, 6.07) is 14.6. The molecule has 0 heterocycles. The number of carbonyl (C=O) groups is 1. The molecule has 21 heavy (non-hydrogen) atoms. The minimum Gasteiger partial charge on any atom is -0.306 e. The van der Waals surface area contributed by atoms with Crippen LogP contribution in [0.25, 0.3) is 0 Å². The zero-order valence-corrected chi connectivity index (χ0v) is 12.6. The molecule has 0 radical (unpaired) electrons. The van der Waals surface area contributed by atoms with Crippen molar-refractivity contribution in [3.63, 3.8) is 0 Å². The van der Waals surface area contributed by atoms with Crippen LogP contribution in [-0.2, 0) is 0 Å². The zero-order chi connectivity index (χ0) is 15.2. The molecule has 0 atom stereocenters. The zero-order valence-electron chi connectivity index (χ0n) is 11.9. The van der Waals surface area contributed by atoms with E-state index in [0.717, 1.165) is 16.8 Å². The topological polar surface area (TPSA) is 53.5 Å². The predicted molar refractivity (Wildman–Crippen MR) is 87.0 cm³/mol. The number of amides is 2. The van der Waals surface area contributed by atoms with Crippen LogP contribution in [0.2, 0.25) is 5.02 Å².